The molecule has 0 amide bonds. The van der Waals surface area contributed by atoms with Gasteiger partial charge in [-0.2, -0.15) is 17.7 Å². The normalized spacial score (nSPS) is 16.2. The Morgan fingerprint density at radius 2 is 1.55 bits per heavy atom. The van der Waals surface area contributed by atoms with Crippen molar-refractivity contribution < 1.29 is 17.7 Å². The second-order valence-corrected chi connectivity index (χ2v) is 8.34. The molecule has 0 radical (unpaired) electrons. The van der Waals surface area contributed by atoms with Gasteiger partial charge in [0.15, 0.2) is 11.9 Å². The van der Waals surface area contributed by atoms with Crippen LogP contribution in [-0.4, -0.2) is 12.2 Å². The molecule has 6 heteroatoms. The van der Waals surface area contributed by atoms with E-state index in [9.17, 15) is 13.2 Å². The van der Waals surface area contributed by atoms with Gasteiger partial charge >= 0.3 is 6.18 Å². The van der Waals surface area contributed by atoms with Gasteiger partial charge in [-0.25, -0.2) is 0 Å². The largest absolute Gasteiger partial charge is 0.416 e. The number of anilines is 3. The number of fused-ring (bicyclic) bond motifs is 1. The number of halogens is 3. The third kappa shape index (κ3) is 3.54. The molecule has 3 nitrogen and oxygen atoms in total. The smallest absolute Gasteiger partial charge is 0.347 e. The van der Waals surface area contributed by atoms with Crippen molar-refractivity contribution in [3.8, 4) is 5.69 Å². The molecule has 0 saturated heterocycles. The Hall–Kier alpha value is -3.02. The molecule has 0 unspecified atom stereocenters. The number of hydrogen-bond donors (Lipinski definition) is 0. The van der Waals surface area contributed by atoms with Gasteiger partial charge < -0.3 is 9.80 Å². The molecular weight excluding hydrogens is 399 g/mol. The Labute approximate surface area is 181 Å². The number of para-hydroxylation sites is 2. The summed E-state index contributed by atoms with van der Waals surface area (Å²) in [6, 6.07) is 16.3. The molecule has 1 aromatic heterocycles. The predicted octanol–water partition coefficient (Wildman–Crippen LogP) is 6.31. The summed E-state index contributed by atoms with van der Waals surface area (Å²) in [4.78, 5) is 4.28. The molecule has 31 heavy (non-hydrogen) atoms. The highest BCUT2D eigenvalue weighted by atomic mass is 19.4. The molecule has 0 bridgehead atoms. The van der Waals surface area contributed by atoms with Gasteiger partial charge in [-0.15, -0.1) is 0 Å². The summed E-state index contributed by atoms with van der Waals surface area (Å²) in [6.07, 6.45) is -2.75. The molecule has 1 aliphatic heterocycles. The maximum Gasteiger partial charge on any atom is 0.416 e. The van der Waals surface area contributed by atoms with E-state index in [1.165, 1.54) is 12.1 Å². The second kappa shape index (κ2) is 7.59. The van der Waals surface area contributed by atoms with Crippen molar-refractivity contribution in [2.45, 2.75) is 53.0 Å². The van der Waals surface area contributed by atoms with E-state index in [0.29, 0.717) is 11.4 Å². The van der Waals surface area contributed by atoms with Crippen molar-refractivity contribution in [2.24, 2.45) is 0 Å². The highest BCUT2D eigenvalue weighted by molar-refractivity contribution is 5.85. The maximum atomic E-state index is 13.9. The maximum absolute atomic E-state index is 13.9. The number of aromatic nitrogens is 1. The summed E-state index contributed by atoms with van der Waals surface area (Å²) in [7, 11) is 0. The van der Waals surface area contributed by atoms with E-state index in [4.69, 9.17) is 0 Å². The van der Waals surface area contributed by atoms with Crippen LogP contribution in [0.5, 0.6) is 0 Å². The zero-order valence-electron chi connectivity index (χ0n) is 18.4. The zero-order valence-corrected chi connectivity index (χ0v) is 18.4. The van der Waals surface area contributed by atoms with Crippen LogP contribution in [0.1, 0.15) is 37.6 Å². The fourth-order valence-corrected chi connectivity index (χ4v) is 4.60. The first-order valence-corrected chi connectivity index (χ1v) is 10.5. The lowest BCUT2D eigenvalue weighted by Gasteiger charge is -2.34. The summed E-state index contributed by atoms with van der Waals surface area (Å²) in [5.74, 6) is 0. The van der Waals surface area contributed by atoms with Gasteiger partial charge in [0.2, 0.25) is 5.69 Å². The van der Waals surface area contributed by atoms with Crippen molar-refractivity contribution in [3.05, 3.63) is 77.6 Å². The second-order valence-electron chi connectivity index (χ2n) is 8.34. The van der Waals surface area contributed by atoms with E-state index in [2.05, 4.69) is 18.7 Å². The van der Waals surface area contributed by atoms with Gasteiger partial charge in [-0.1, -0.05) is 18.2 Å². The summed E-state index contributed by atoms with van der Waals surface area (Å²) < 4.78 is 43.6. The molecular formula is C25H27F3N3+. The monoisotopic (exact) mass is 426 g/mol. The first-order chi connectivity index (χ1) is 14.6. The van der Waals surface area contributed by atoms with Crippen molar-refractivity contribution in [1.29, 1.82) is 0 Å². The molecule has 0 spiro atoms. The number of nitrogens with zero attached hydrogens (tertiary/aromatic N) is 3. The van der Waals surface area contributed by atoms with Crippen molar-refractivity contribution in [2.75, 3.05) is 9.80 Å². The van der Waals surface area contributed by atoms with Crippen LogP contribution >= 0.6 is 0 Å². The lowest BCUT2D eigenvalue weighted by atomic mass is 10.0. The summed E-state index contributed by atoms with van der Waals surface area (Å²) >= 11 is 0. The predicted molar refractivity (Wildman–Crippen MR) is 118 cm³/mol. The molecule has 0 N–H and O–H groups in total. The first kappa shape index (κ1) is 21.2. The SMILES string of the molecule is Cc1c(N2c3ccccc3N(C(C)C)[C@H]2C)cc(C(F)(F)F)cc1-[n+]1ccccc1C. The van der Waals surface area contributed by atoms with Gasteiger partial charge in [-0.3, -0.25) is 0 Å². The minimum atomic E-state index is -4.44. The molecule has 2 heterocycles. The van der Waals surface area contributed by atoms with Crippen LogP contribution < -0.4 is 14.4 Å². The number of pyridine rings is 1. The van der Waals surface area contributed by atoms with E-state index in [-0.39, 0.29) is 12.2 Å². The van der Waals surface area contributed by atoms with E-state index < -0.39 is 11.7 Å². The van der Waals surface area contributed by atoms with Crippen LogP contribution in [0.2, 0.25) is 0 Å². The highest BCUT2D eigenvalue weighted by Crippen LogP contribution is 2.47. The lowest BCUT2D eigenvalue weighted by molar-refractivity contribution is -0.603. The Bertz CT molecular complexity index is 1120. The Morgan fingerprint density at radius 3 is 2.16 bits per heavy atom. The summed E-state index contributed by atoms with van der Waals surface area (Å²) in [5.41, 5.74) is 4.10. The summed E-state index contributed by atoms with van der Waals surface area (Å²) in [5, 5.41) is 0. The minimum Gasteiger partial charge on any atom is -0.347 e. The van der Waals surface area contributed by atoms with Gasteiger partial charge in [0, 0.05) is 36.7 Å². The van der Waals surface area contributed by atoms with Gasteiger partial charge in [0.1, 0.15) is 6.17 Å². The van der Waals surface area contributed by atoms with Gasteiger partial charge in [-0.05, 0) is 45.9 Å². The van der Waals surface area contributed by atoms with E-state index >= 15 is 0 Å². The third-order valence-corrected chi connectivity index (χ3v) is 6.01. The fourth-order valence-electron chi connectivity index (χ4n) is 4.60. The molecule has 162 valence electrons. The number of hydrogen-bond acceptors (Lipinski definition) is 2. The molecule has 4 rings (SSSR count). The molecule has 1 atom stereocenters. The average molecular weight is 427 g/mol. The highest BCUT2D eigenvalue weighted by Gasteiger charge is 2.39. The average Bonchev–Trinajstić information content (AvgIpc) is 3.00. The Kier molecular flexibility index (Phi) is 5.20. The first-order valence-electron chi connectivity index (χ1n) is 10.5. The Morgan fingerprint density at radius 1 is 0.903 bits per heavy atom. The fraction of sp³-hybridized carbons (Fsp3) is 0.320. The number of alkyl halides is 3. The van der Waals surface area contributed by atoms with Gasteiger partial charge in [0.05, 0.1) is 22.6 Å². The molecule has 0 fully saturated rings. The molecule has 0 saturated carbocycles. The third-order valence-electron chi connectivity index (χ3n) is 6.01. The molecule has 1 aliphatic rings. The van der Waals surface area contributed by atoms with Crippen LogP contribution in [0.25, 0.3) is 5.69 Å². The van der Waals surface area contributed by atoms with Crippen LogP contribution in [0.15, 0.2) is 60.8 Å². The lowest BCUT2D eigenvalue weighted by Crippen LogP contribution is -2.43. The quantitative estimate of drug-likeness (QED) is 0.454. The number of benzene rings is 2. The Balaban J connectivity index is 1.99. The van der Waals surface area contributed by atoms with Gasteiger partial charge in [0.25, 0.3) is 0 Å². The number of aryl methyl sites for hydroxylation is 1. The van der Waals surface area contributed by atoms with Crippen molar-refractivity contribution >= 4 is 17.1 Å². The zero-order chi connectivity index (χ0) is 22.5. The van der Waals surface area contributed by atoms with Crippen LogP contribution in [-0.2, 0) is 6.18 Å². The van der Waals surface area contributed by atoms with E-state index in [0.717, 1.165) is 22.6 Å². The van der Waals surface area contributed by atoms with Crippen LogP contribution in [0, 0.1) is 13.8 Å². The van der Waals surface area contributed by atoms with Crippen molar-refractivity contribution in [1.82, 2.24) is 0 Å². The van der Waals surface area contributed by atoms with Crippen molar-refractivity contribution in [3.63, 3.8) is 0 Å². The number of rotatable bonds is 3. The van der Waals surface area contributed by atoms with Crippen LogP contribution in [0.4, 0.5) is 30.2 Å². The topological polar surface area (TPSA) is 10.4 Å². The standard InChI is InChI=1S/C25H27F3N3/c1-16(2)30-19(5)31(22-12-7-6-11-21(22)30)24-15-20(25(26,27)28)14-23(18(24)4)29-13-9-8-10-17(29)3/h6-16,19H,1-5H3/q+1/t19-/m1/s1. The molecule has 0 aliphatic carbocycles. The molecule has 3 aromatic rings. The molecule has 2 aromatic carbocycles. The van der Waals surface area contributed by atoms with Crippen LogP contribution in [0.3, 0.4) is 0 Å². The minimum absolute atomic E-state index is 0.116. The summed E-state index contributed by atoms with van der Waals surface area (Å²) in [6.45, 7) is 10.0. The van der Waals surface area contributed by atoms with E-state index in [1.807, 2.05) is 78.9 Å². The van der Waals surface area contributed by atoms with E-state index in [1.54, 1.807) is 0 Å².